The molecule has 0 aliphatic rings. The Morgan fingerprint density at radius 1 is 1.18 bits per heavy atom. The number of hydrogen-bond acceptors (Lipinski definition) is 2. The molecule has 0 saturated heterocycles. The van der Waals surface area contributed by atoms with Crippen molar-refractivity contribution in [2.45, 2.75) is 38.9 Å². The van der Waals surface area contributed by atoms with Crippen molar-refractivity contribution in [3.8, 4) is 0 Å². The highest BCUT2D eigenvalue weighted by molar-refractivity contribution is 6.74. The Hall–Kier alpha value is -0.803. The highest BCUT2D eigenvalue weighted by Gasteiger charge is 2.39. The number of rotatable bonds is 3. The van der Waals surface area contributed by atoms with Gasteiger partial charge in [0.25, 0.3) is 8.32 Å². The Morgan fingerprint density at radius 2 is 1.71 bits per heavy atom. The van der Waals surface area contributed by atoms with Gasteiger partial charge in [-0.25, -0.2) is 0 Å². The molecule has 1 aromatic carbocycles. The molecular formula is C13H20ClNOSi. The molecule has 0 spiro atoms. The standard InChI is InChI=1S/C13H20ClNOSi/c1-13(2,3)17(4,5)16-15-10-11-6-8-12(14)9-7-11/h6-10H,1-5H3/b15-10+. The quantitative estimate of drug-likeness (QED) is 0.443. The molecule has 0 radical (unpaired) electrons. The van der Waals surface area contributed by atoms with Crippen molar-refractivity contribution in [3.05, 3.63) is 34.9 Å². The summed E-state index contributed by atoms with van der Waals surface area (Å²) in [5.74, 6) is 0. The molecule has 0 fully saturated rings. The first kappa shape index (κ1) is 14.3. The monoisotopic (exact) mass is 269 g/mol. The normalized spacial score (nSPS) is 13.1. The van der Waals surface area contributed by atoms with Gasteiger partial charge in [-0.1, -0.05) is 44.5 Å². The Labute approximate surface area is 110 Å². The van der Waals surface area contributed by atoms with Crippen molar-refractivity contribution < 1.29 is 4.53 Å². The van der Waals surface area contributed by atoms with Gasteiger partial charge in [0.05, 0.1) is 6.21 Å². The second kappa shape index (κ2) is 5.23. The average Bonchev–Trinajstić information content (AvgIpc) is 2.19. The molecule has 4 heteroatoms. The van der Waals surface area contributed by atoms with E-state index in [1.54, 1.807) is 6.21 Å². The van der Waals surface area contributed by atoms with Crippen molar-refractivity contribution in [3.63, 3.8) is 0 Å². The summed E-state index contributed by atoms with van der Waals surface area (Å²) in [6, 6.07) is 7.52. The van der Waals surface area contributed by atoms with E-state index in [2.05, 4.69) is 39.0 Å². The molecule has 2 nitrogen and oxygen atoms in total. The number of hydrogen-bond donors (Lipinski definition) is 0. The minimum atomic E-state index is -1.79. The van der Waals surface area contributed by atoms with Crippen LogP contribution in [0.4, 0.5) is 0 Å². The van der Waals surface area contributed by atoms with Crippen molar-refractivity contribution in [2.24, 2.45) is 5.16 Å². The SMILES string of the molecule is CC(C)(C)[Si](C)(C)O/N=C/c1ccc(Cl)cc1. The van der Waals surface area contributed by atoms with Gasteiger partial charge in [-0.05, 0) is 35.8 Å². The molecule has 0 aromatic heterocycles. The highest BCUT2D eigenvalue weighted by atomic mass is 35.5. The van der Waals surface area contributed by atoms with Gasteiger partial charge in [0, 0.05) is 5.02 Å². The van der Waals surface area contributed by atoms with Gasteiger partial charge in [-0.2, -0.15) is 0 Å². The average molecular weight is 270 g/mol. The molecule has 0 aliphatic carbocycles. The molecule has 0 N–H and O–H groups in total. The fourth-order valence-electron chi connectivity index (χ4n) is 0.905. The second-order valence-electron chi connectivity index (χ2n) is 5.64. The molecular weight excluding hydrogens is 250 g/mol. The van der Waals surface area contributed by atoms with Crippen molar-refractivity contribution in [1.82, 2.24) is 0 Å². The van der Waals surface area contributed by atoms with Gasteiger partial charge in [-0.3, -0.25) is 0 Å². The van der Waals surface area contributed by atoms with E-state index in [1.165, 1.54) is 0 Å². The maximum absolute atomic E-state index is 5.81. The first-order valence-electron chi connectivity index (χ1n) is 5.69. The maximum Gasteiger partial charge on any atom is 0.286 e. The molecule has 0 heterocycles. The lowest BCUT2D eigenvalue weighted by atomic mass is 10.2. The third-order valence-electron chi connectivity index (χ3n) is 3.16. The predicted molar refractivity (Wildman–Crippen MR) is 77.3 cm³/mol. The van der Waals surface area contributed by atoms with Crippen LogP contribution in [0.15, 0.2) is 29.4 Å². The molecule has 0 saturated carbocycles. The largest absolute Gasteiger partial charge is 0.455 e. The van der Waals surface area contributed by atoms with Crippen LogP contribution in [0, 0.1) is 0 Å². The molecule has 0 amide bonds. The predicted octanol–water partition coefficient (Wildman–Crippen LogP) is 4.70. The van der Waals surface area contributed by atoms with Crippen molar-refractivity contribution in [2.75, 3.05) is 0 Å². The Kier molecular flexibility index (Phi) is 4.39. The number of halogens is 1. The maximum atomic E-state index is 5.81. The van der Waals surface area contributed by atoms with Crippen LogP contribution < -0.4 is 0 Å². The fraction of sp³-hybridized carbons (Fsp3) is 0.462. The Balaban J connectivity index is 2.65. The van der Waals surface area contributed by atoms with E-state index in [0.717, 1.165) is 10.6 Å². The van der Waals surface area contributed by atoms with Crippen LogP contribution in [0.1, 0.15) is 26.3 Å². The van der Waals surface area contributed by atoms with Gasteiger partial charge in [0.2, 0.25) is 0 Å². The smallest absolute Gasteiger partial charge is 0.286 e. The lowest BCUT2D eigenvalue weighted by Crippen LogP contribution is -2.39. The first-order valence-corrected chi connectivity index (χ1v) is 8.98. The molecule has 0 aliphatic heterocycles. The van der Waals surface area contributed by atoms with Gasteiger partial charge >= 0.3 is 0 Å². The molecule has 0 unspecified atom stereocenters. The lowest BCUT2D eigenvalue weighted by molar-refractivity contribution is 0.310. The van der Waals surface area contributed by atoms with E-state index in [1.807, 2.05) is 24.3 Å². The third kappa shape index (κ3) is 4.17. The van der Waals surface area contributed by atoms with Crippen molar-refractivity contribution >= 4 is 26.1 Å². The molecule has 1 rings (SSSR count). The van der Waals surface area contributed by atoms with Crippen LogP contribution in [0.25, 0.3) is 0 Å². The van der Waals surface area contributed by atoms with E-state index < -0.39 is 8.32 Å². The van der Waals surface area contributed by atoms with E-state index >= 15 is 0 Å². The van der Waals surface area contributed by atoms with E-state index in [0.29, 0.717) is 0 Å². The number of benzene rings is 1. The third-order valence-corrected chi connectivity index (χ3v) is 7.59. The lowest BCUT2D eigenvalue weighted by Gasteiger charge is -2.33. The van der Waals surface area contributed by atoms with Crippen LogP contribution >= 0.6 is 11.6 Å². The van der Waals surface area contributed by atoms with Gasteiger partial charge in [-0.15, -0.1) is 5.16 Å². The zero-order valence-corrected chi connectivity index (χ0v) is 12.9. The van der Waals surface area contributed by atoms with Crippen LogP contribution in [-0.2, 0) is 4.53 Å². The summed E-state index contributed by atoms with van der Waals surface area (Å²) >= 11 is 5.81. The summed E-state index contributed by atoms with van der Waals surface area (Å²) in [4.78, 5) is 0. The summed E-state index contributed by atoms with van der Waals surface area (Å²) in [7, 11) is -1.79. The summed E-state index contributed by atoms with van der Waals surface area (Å²) in [6.45, 7) is 10.9. The summed E-state index contributed by atoms with van der Waals surface area (Å²) in [5, 5.41) is 5.00. The molecule has 94 valence electrons. The van der Waals surface area contributed by atoms with Crippen LogP contribution in [-0.4, -0.2) is 14.5 Å². The van der Waals surface area contributed by atoms with E-state index in [-0.39, 0.29) is 5.04 Å². The molecule has 0 bridgehead atoms. The number of nitrogens with zero attached hydrogens (tertiary/aromatic N) is 1. The number of oxime groups is 1. The first-order chi connectivity index (χ1) is 7.72. The molecule has 0 atom stereocenters. The van der Waals surface area contributed by atoms with Crippen LogP contribution in [0.5, 0.6) is 0 Å². The molecule has 17 heavy (non-hydrogen) atoms. The van der Waals surface area contributed by atoms with Gasteiger partial charge in [0.15, 0.2) is 0 Å². The Bertz CT molecular complexity index is 393. The fourth-order valence-corrected chi connectivity index (χ4v) is 1.62. The zero-order valence-electron chi connectivity index (χ0n) is 11.1. The van der Waals surface area contributed by atoms with Crippen LogP contribution in [0.3, 0.4) is 0 Å². The van der Waals surface area contributed by atoms with E-state index in [9.17, 15) is 0 Å². The van der Waals surface area contributed by atoms with Gasteiger partial charge < -0.3 is 4.53 Å². The highest BCUT2D eigenvalue weighted by Crippen LogP contribution is 2.36. The topological polar surface area (TPSA) is 21.6 Å². The second-order valence-corrected chi connectivity index (χ2v) is 10.8. The Morgan fingerprint density at radius 3 is 2.18 bits per heavy atom. The van der Waals surface area contributed by atoms with Crippen molar-refractivity contribution in [1.29, 1.82) is 0 Å². The summed E-state index contributed by atoms with van der Waals surface area (Å²) in [5.41, 5.74) is 0.994. The van der Waals surface area contributed by atoms with Crippen LogP contribution in [0.2, 0.25) is 23.2 Å². The minimum absolute atomic E-state index is 0.171. The summed E-state index contributed by atoms with van der Waals surface area (Å²) < 4.78 is 5.70. The molecule has 1 aromatic rings. The van der Waals surface area contributed by atoms with E-state index in [4.69, 9.17) is 16.1 Å². The minimum Gasteiger partial charge on any atom is -0.455 e. The van der Waals surface area contributed by atoms with Gasteiger partial charge in [0.1, 0.15) is 0 Å². The zero-order chi connectivity index (χ0) is 13.1. The summed E-state index contributed by atoms with van der Waals surface area (Å²) in [6.07, 6.45) is 1.73.